The lowest BCUT2D eigenvalue weighted by Crippen LogP contribution is -2.23. The van der Waals surface area contributed by atoms with E-state index in [1.54, 1.807) is 4.68 Å². The van der Waals surface area contributed by atoms with Gasteiger partial charge in [-0.2, -0.15) is 5.10 Å². The molecule has 0 aliphatic carbocycles. The van der Waals surface area contributed by atoms with E-state index in [-0.39, 0.29) is 12.7 Å². The van der Waals surface area contributed by atoms with E-state index in [0.717, 1.165) is 33.7 Å². The van der Waals surface area contributed by atoms with E-state index in [0.29, 0.717) is 23.5 Å². The zero-order valence-corrected chi connectivity index (χ0v) is 16.7. The second-order valence-electron chi connectivity index (χ2n) is 7.20. The van der Waals surface area contributed by atoms with Gasteiger partial charge in [-0.05, 0) is 30.7 Å². The van der Waals surface area contributed by atoms with Gasteiger partial charge in [0.1, 0.15) is 0 Å². The van der Waals surface area contributed by atoms with Crippen LogP contribution in [0.1, 0.15) is 21.6 Å². The van der Waals surface area contributed by atoms with Gasteiger partial charge in [0.25, 0.3) is 5.91 Å². The molecule has 2 aromatic heterocycles. The van der Waals surface area contributed by atoms with E-state index in [1.807, 2.05) is 68.6 Å². The molecule has 1 amide bonds. The predicted octanol–water partition coefficient (Wildman–Crippen LogP) is 3.60. The number of fused-ring (bicyclic) bond motifs is 2. The standard InChI is InChI=1S/C23H20N4O3/c1-14-21-17(23(28)24-12-15-8-9-19-20(10-15)30-13-29-19)11-18(16-6-4-3-5-7-16)25-22(21)27(2)26-14/h3-11H,12-13H2,1-2H3,(H,24,28). The van der Waals surface area contributed by atoms with Crippen LogP contribution in [-0.2, 0) is 13.6 Å². The quantitative estimate of drug-likeness (QED) is 0.566. The number of nitrogens with zero attached hydrogens (tertiary/aromatic N) is 3. The number of ether oxygens (including phenoxy) is 2. The summed E-state index contributed by atoms with van der Waals surface area (Å²) in [5.41, 5.74) is 4.63. The molecular weight excluding hydrogens is 380 g/mol. The SMILES string of the molecule is Cc1nn(C)c2nc(-c3ccccc3)cc(C(=O)NCc3ccc4c(c3)OCO4)c12. The van der Waals surface area contributed by atoms with Crippen LogP contribution in [0.3, 0.4) is 0 Å². The summed E-state index contributed by atoms with van der Waals surface area (Å²) < 4.78 is 12.5. The zero-order chi connectivity index (χ0) is 20.7. The fourth-order valence-electron chi connectivity index (χ4n) is 3.71. The van der Waals surface area contributed by atoms with Gasteiger partial charge in [0, 0.05) is 19.2 Å². The first kappa shape index (κ1) is 18.2. The van der Waals surface area contributed by atoms with Crippen LogP contribution in [0.15, 0.2) is 54.6 Å². The van der Waals surface area contributed by atoms with E-state index in [1.165, 1.54) is 0 Å². The normalized spacial score (nSPS) is 12.3. The Bertz CT molecular complexity index is 1260. The minimum absolute atomic E-state index is 0.173. The van der Waals surface area contributed by atoms with Crippen molar-refractivity contribution in [1.29, 1.82) is 0 Å². The third-order valence-corrected chi connectivity index (χ3v) is 5.17. The molecule has 1 aliphatic rings. The van der Waals surface area contributed by atoms with Gasteiger partial charge in [0.05, 0.1) is 22.3 Å². The van der Waals surface area contributed by atoms with Crippen molar-refractivity contribution >= 4 is 16.9 Å². The largest absolute Gasteiger partial charge is 0.454 e. The van der Waals surface area contributed by atoms with Gasteiger partial charge < -0.3 is 14.8 Å². The molecule has 1 aliphatic heterocycles. The van der Waals surface area contributed by atoms with E-state index < -0.39 is 0 Å². The maximum atomic E-state index is 13.2. The van der Waals surface area contributed by atoms with Gasteiger partial charge in [-0.1, -0.05) is 36.4 Å². The Kier molecular flexibility index (Phi) is 4.35. The minimum Gasteiger partial charge on any atom is -0.454 e. The fourth-order valence-corrected chi connectivity index (χ4v) is 3.71. The second-order valence-corrected chi connectivity index (χ2v) is 7.20. The molecule has 0 bridgehead atoms. The molecule has 7 nitrogen and oxygen atoms in total. The van der Waals surface area contributed by atoms with E-state index in [4.69, 9.17) is 14.5 Å². The van der Waals surface area contributed by atoms with Gasteiger partial charge in [-0.15, -0.1) is 0 Å². The average molecular weight is 400 g/mol. The van der Waals surface area contributed by atoms with Gasteiger partial charge in [0.2, 0.25) is 6.79 Å². The van der Waals surface area contributed by atoms with Crippen molar-refractivity contribution in [3.8, 4) is 22.8 Å². The molecule has 0 radical (unpaired) electrons. The van der Waals surface area contributed by atoms with Gasteiger partial charge in [-0.3, -0.25) is 9.48 Å². The third kappa shape index (κ3) is 3.14. The van der Waals surface area contributed by atoms with E-state index in [9.17, 15) is 4.79 Å². The number of aryl methyl sites for hydroxylation is 2. The molecule has 0 unspecified atom stereocenters. The minimum atomic E-state index is -0.173. The molecule has 1 N–H and O–H groups in total. The number of pyridine rings is 1. The highest BCUT2D eigenvalue weighted by Crippen LogP contribution is 2.32. The molecule has 7 heteroatoms. The number of hydrogen-bond acceptors (Lipinski definition) is 5. The molecule has 0 spiro atoms. The van der Waals surface area contributed by atoms with Crippen LogP contribution >= 0.6 is 0 Å². The first-order valence-corrected chi connectivity index (χ1v) is 9.66. The van der Waals surface area contributed by atoms with Crippen LogP contribution in [0.5, 0.6) is 11.5 Å². The van der Waals surface area contributed by atoms with Gasteiger partial charge in [-0.25, -0.2) is 4.98 Å². The Morgan fingerprint density at radius 2 is 1.90 bits per heavy atom. The molecular formula is C23H20N4O3. The molecule has 150 valence electrons. The summed E-state index contributed by atoms with van der Waals surface area (Å²) in [5.74, 6) is 1.25. The molecule has 5 rings (SSSR count). The predicted molar refractivity (Wildman–Crippen MR) is 112 cm³/mol. The fraction of sp³-hybridized carbons (Fsp3) is 0.174. The topological polar surface area (TPSA) is 78.3 Å². The number of benzene rings is 2. The highest BCUT2D eigenvalue weighted by atomic mass is 16.7. The Morgan fingerprint density at radius 1 is 1.10 bits per heavy atom. The lowest BCUT2D eigenvalue weighted by molar-refractivity contribution is 0.0952. The summed E-state index contributed by atoms with van der Waals surface area (Å²) in [6, 6.07) is 17.3. The Hall–Kier alpha value is -3.87. The van der Waals surface area contributed by atoms with Crippen molar-refractivity contribution in [2.45, 2.75) is 13.5 Å². The van der Waals surface area contributed by atoms with Crippen LogP contribution in [0, 0.1) is 6.92 Å². The van der Waals surface area contributed by atoms with Crippen LogP contribution in [0.25, 0.3) is 22.3 Å². The smallest absolute Gasteiger partial charge is 0.252 e. The van der Waals surface area contributed by atoms with E-state index >= 15 is 0 Å². The van der Waals surface area contributed by atoms with Crippen LogP contribution in [0.4, 0.5) is 0 Å². The maximum Gasteiger partial charge on any atom is 0.252 e. The average Bonchev–Trinajstić information content (AvgIpc) is 3.35. The van der Waals surface area contributed by atoms with Crippen molar-refractivity contribution < 1.29 is 14.3 Å². The summed E-state index contributed by atoms with van der Waals surface area (Å²) in [7, 11) is 1.84. The molecule has 0 saturated carbocycles. The lowest BCUT2D eigenvalue weighted by Gasteiger charge is -2.10. The molecule has 2 aromatic carbocycles. The molecule has 0 fully saturated rings. The summed E-state index contributed by atoms with van der Waals surface area (Å²) >= 11 is 0. The highest BCUT2D eigenvalue weighted by molar-refractivity contribution is 6.07. The number of hydrogen-bond donors (Lipinski definition) is 1. The summed E-state index contributed by atoms with van der Waals surface area (Å²) in [4.78, 5) is 17.9. The van der Waals surface area contributed by atoms with Crippen LogP contribution in [0.2, 0.25) is 0 Å². The number of carbonyl (C=O) groups is 1. The number of carbonyl (C=O) groups excluding carboxylic acids is 1. The van der Waals surface area contributed by atoms with Crippen molar-refractivity contribution in [3.63, 3.8) is 0 Å². The maximum absolute atomic E-state index is 13.2. The third-order valence-electron chi connectivity index (χ3n) is 5.17. The summed E-state index contributed by atoms with van der Waals surface area (Å²) in [5, 5.41) is 8.25. The van der Waals surface area contributed by atoms with Crippen LogP contribution in [-0.4, -0.2) is 27.5 Å². The van der Waals surface area contributed by atoms with Gasteiger partial charge in [0.15, 0.2) is 17.1 Å². The van der Waals surface area contributed by atoms with Gasteiger partial charge >= 0.3 is 0 Å². The molecule has 0 atom stereocenters. The van der Waals surface area contributed by atoms with Crippen molar-refractivity contribution in [2.75, 3.05) is 6.79 Å². The molecule has 3 heterocycles. The number of rotatable bonds is 4. The monoisotopic (exact) mass is 400 g/mol. The summed E-state index contributed by atoms with van der Waals surface area (Å²) in [6.07, 6.45) is 0. The molecule has 30 heavy (non-hydrogen) atoms. The summed E-state index contributed by atoms with van der Waals surface area (Å²) in [6.45, 7) is 2.49. The van der Waals surface area contributed by atoms with E-state index in [2.05, 4.69) is 10.4 Å². The Labute approximate surface area is 173 Å². The first-order chi connectivity index (χ1) is 14.6. The van der Waals surface area contributed by atoms with Crippen molar-refractivity contribution in [1.82, 2.24) is 20.1 Å². The lowest BCUT2D eigenvalue weighted by atomic mass is 10.0. The first-order valence-electron chi connectivity index (χ1n) is 9.66. The van der Waals surface area contributed by atoms with Crippen LogP contribution < -0.4 is 14.8 Å². The second kappa shape index (κ2) is 7.18. The number of amides is 1. The highest BCUT2D eigenvalue weighted by Gasteiger charge is 2.20. The number of nitrogens with one attached hydrogen (secondary N) is 1. The number of aromatic nitrogens is 3. The van der Waals surface area contributed by atoms with Crippen molar-refractivity contribution in [3.05, 3.63) is 71.4 Å². The Morgan fingerprint density at radius 3 is 2.73 bits per heavy atom. The van der Waals surface area contributed by atoms with Crippen molar-refractivity contribution in [2.24, 2.45) is 7.05 Å². The molecule has 4 aromatic rings. The zero-order valence-electron chi connectivity index (χ0n) is 16.7. The Balaban J connectivity index is 1.50. The molecule has 0 saturated heterocycles.